The highest BCUT2D eigenvalue weighted by Gasteiger charge is 2.34. The first-order valence-electron chi connectivity index (χ1n) is 7.48. The number of benzene rings is 1. The van der Waals surface area contributed by atoms with E-state index in [1.54, 1.807) is 0 Å². The number of hydrogen-bond donors (Lipinski definition) is 0. The molecule has 0 unspecified atom stereocenters. The third-order valence-corrected chi connectivity index (χ3v) is 3.74. The third kappa shape index (κ3) is 3.50. The summed E-state index contributed by atoms with van der Waals surface area (Å²) in [5.41, 5.74) is -1.25. The molecule has 0 bridgehead atoms. The maximum absolute atomic E-state index is 13.9. The Morgan fingerprint density at radius 3 is 2.26 bits per heavy atom. The second-order valence-corrected chi connectivity index (χ2v) is 5.49. The Morgan fingerprint density at radius 1 is 1.11 bits per heavy atom. The highest BCUT2D eigenvalue weighted by atomic mass is 19.4. The van der Waals surface area contributed by atoms with Gasteiger partial charge in [0.05, 0.1) is 5.69 Å². The fraction of sp³-hybridized carbons (Fsp3) is 0.118. The molecule has 1 amide bonds. The van der Waals surface area contributed by atoms with E-state index in [-0.39, 0.29) is 23.5 Å². The molecule has 0 aliphatic carbocycles. The minimum Gasteiger partial charge on any atom is -0.278 e. The second kappa shape index (κ2) is 6.78. The molecule has 0 aliphatic heterocycles. The number of halogens is 5. The average Bonchev–Trinajstić information content (AvgIpc) is 3.01. The van der Waals surface area contributed by atoms with Crippen molar-refractivity contribution >= 4 is 17.9 Å². The fourth-order valence-corrected chi connectivity index (χ4v) is 2.50. The summed E-state index contributed by atoms with van der Waals surface area (Å²) in [6, 6.07) is 6.60. The Hall–Kier alpha value is -3.30. The predicted molar refractivity (Wildman–Crippen MR) is 86.0 cm³/mol. The van der Waals surface area contributed by atoms with Crippen LogP contribution in [0, 0.1) is 11.6 Å². The van der Waals surface area contributed by atoms with Crippen LogP contribution in [0.4, 0.5) is 33.5 Å². The summed E-state index contributed by atoms with van der Waals surface area (Å²) in [7, 11) is 1.34. The first-order valence-corrected chi connectivity index (χ1v) is 7.48. The lowest BCUT2D eigenvalue weighted by Gasteiger charge is -2.18. The van der Waals surface area contributed by atoms with Gasteiger partial charge < -0.3 is 0 Å². The van der Waals surface area contributed by atoms with E-state index in [0.29, 0.717) is 4.90 Å². The number of para-hydroxylation sites is 1. The maximum atomic E-state index is 13.9. The molecule has 140 valence electrons. The molecule has 0 N–H and O–H groups in total. The number of carbonyl (C=O) groups is 1. The van der Waals surface area contributed by atoms with Crippen molar-refractivity contribution in [3.8, 4) is 11.3 Å². The number of aromatic nitrogens is 3. The molecule has 2 heterocycles. The van der Waals surface area contributed by atoms with Gasteiger partial charge in [0.1, 0.15) is 23.1 Å². The molecule has 0 fully saturated rings. The van der Waals surface area contributed by atoms with Crippen molar-refractivity contribution in [3.05, 3.63) is 59.9 Å². The van der Waals surface area contributed by atoms with Crippen molar-refractivity contribution < 1.29 is 26.7 Å². The van der Waals surface area contributed by atoms with Crippen LogP contribution in [-0.4, -0.2) is 21.2 Å². The quantitative estimate of drug-likeness (QED) is 0.505. The van der Waals surface area contributed by atoms with Crippen LogP contribution in [0.1, 0.15) is 5.69 Å². The van der Waals surface area contributed by atoms with Crippen LogP contribution >= 0.6 is 0 Å². The van der Waals surface area contributed by atoms with Gasteiger partial charge in [-0.2, -0.15) is 18.3 Å². The summed E-state index contributed by atoms with van der Waals surface area (Å²) in [6.07, 6.45) is -3.23. The molecular formula is C17H11F5N4O. The molecule has 0 aliphatic rings. The summed E-state index contributed by atoms with van der Waals surface area (Å²) in [5, 5.41) is 3.40. The topological polar surface area (TPSA) is 51.0 Å². The van der Waals surface area contributed by atoms with Gasteiger partial charge >= 0.3 is 6.18 Å². The van der Waals surface area contributed by atoms with Crippen molar-refractivity contribution in [3.63, 3.8) is 0 Å². The Kier molecular flexibility index (Phi) is 4.64. The molecule has 3 rings (SSSR count). The van der Waals surface area contributed by atoms with E-state index >= 15 is 0 Å². The zero-order valence-corrected chi connectivity index (χ0v) is 13.7. The zero-order chi connectivity index (χ0) is 19.8. The number of alkyl halides is 3. The fourth-order valence-electron chi connectivity index (χ4n) is 2.50. The molecule has 0 saturated carbocycles. The van der Waals surface area contributed by atoms with Crippen LogP contribution in [0.25, 0.3) is 11.3 Å². The van der Waals surface area contributed by atoms with Gasteiger partial charge in [-0.3, -0.25) is 14.4 Å². The molecule has 3 aromatic rings. The summed E-state index contributed by atoms with van der Waals surface area (Å²) < 4.78 is 67.1. The van der Waals surface area contributed by atoms with E-state index < -0.39 is 29.2 Å². The highest BCUT2D eigenvalue weighted by molar-refractivity contribution is 5.85. The van der Waals surface area contributed by atoms with E-state index in [1.807, 2.05) is 0 Å². The summed E-state index contributed by atoms with van der Waals surface area (Å²) in [6.45, 7) is 0. The van der Waals surface area contributed by atoms with Crippen LogP contribution in [-0.2, 0) is 18.0 Å². The molecule has 2 aromatic heterocycles. The molecule has 10 heteroatoms. The van der Waals surface area contributed by atoms with Crippen molar-refractivity contribution in [1.29, 1.82) is 0 Å². The lowest BCUT2D eigenvalue weighted by molar-refractivity contribution is -0.141. The van der Waals surface area contributed by atoms with Crippen LogP contribution in [0.5, 0.6) is 0 Å². The van der Waals surface area contributed by atoms with Gasteiger partial charge in [-0.05, 0) is 30.3 Å². The Labute approximate surface area is 149 Å². The Bertz CT molecular complexity index is 962. The van der Waals surface area contributed by atoms with Crippen molar-refractivity contribution in [2.75, 3.05) is 4.90 Å². The molecule has 0 atom stereocenters. The molecular weight excluding hydrogens is 371 g/mol. The Morgan fingerprint density at radius 2 is 1.78 bits per heavy atom. The molecule has 0 radical (unpaired) electrons. The SMILES string of the molecule is Cn1nc(C(F)(F)F)cc1-c1ccc(N(C=O)c2c(F)cccc2F)nc1. The number of anilines is 2. The van der Waals surface area contributed by atoms with E-state index in [2.05, 4.69) is 10.1 Å². The van der Waals surface area contributed by atoms with Gasteiger partial charge in [-0.15, -0.1) is 0 Å². The van der Waals surface area contributed by atoms with Gasteiger partial charge in [0.2, 0.25) is 6.41 Å². The van der Waals surface area contributed by atoms with Crippen molar-refractivity contribution in [1.82, 2.24) is 14.8 Å². The summed E-state index contributed by atoms with van der Waals surface area (Å²) in [5.74, 6) is -2.03. The normalized spacial score (nSPS) is 11.5. The first kappa shape index (κ1) is 18.5. The number of amides is 1. The summed E-state index contributed by atoms with van der Waals surface area (Å²) >= 11 is 0. The minimum absolute atomic E-state index is 0.101. The Balaban J connectivity index is 1.98. The second-order valence-electron chi connectivity index (χ2n) is 5.49. The number of nitrogens with zero attached hydrogens (tertiary/aromatic N) is 4. The maximum Gasteiger partial charge on any atom is 0.435 e. The van der Waals surface area contributed by atoms with E-state index in [1.165, 1.54) is 25.4 Å². The van der Waals surface area contributed by atoms with Gasteiger partial charge in [0, 0.05) is 18.8 Å². The van der Waals surface area contributed by atoms with E-state index in [9.17, 15) is 26.7 Å². The van der Waals surface area contributed by atoms with E-state index in [0.717, 1.165) is 28.9 Å². The van der Waals surface area contributed by atoms with Crippen LogP contribution in [0.2, 0.25) is 0 Å². The number of hydrogen-bond acceptors (Lipinski definition) is 3. The monoisotopic (exact) mass is 382 g/mol. The van der Waals surface area contributed by atoms with E-state index in [4.69, 9.17) is 0 Å². The molecule has 27 heavy (non-hydrogen) atoms. The van der Waals surface area contributed by atoms with Gasteiger partial charge in [0.15, 0.2) is 5.69 Å². The first-order chi connectivity index (χ1) is 12.7. The highest BCUT2D eigenvalue weighted by Crippen LogP contribution is 2.32. The predicted octanol–water partition coefficient (Wildman–Crippen LogP) is 4.07. The lowest BCUT2D eigenvalue weighted by atomic mass is 10.2. The largest absolute Gasteiger partial charge is 0.435 e. The number of carbonyl (C=O) groups excluding carboxylic acids is 1. The van der Waals surface area contributed by atoms with Gasteiger partial charge in [-0.1, -0.05) is 6.07 Å². The number of aryl methyl sites for hydroxylation is 1. The molecule has 5 nitrogen and oxygen atoms in total. The third-order valence-electron chi connectivity index (χ3n) is 3.74. The number of rotatable bonds is 4. The van der Waals surface area contributed by atoms with Crippen molar-refractivity contribution in [2.45, 2.75) is 6.18 Å². The van der Waals surface area contributed by atoms with Crippen LogP contribution in [0.3, 0.4) is 0 Å². The van der Waals surface area contributed by atoms with Crippen LogP contribution in [0.15, 0.2) is 42.6 Å². The minimum atomic E-state index is -4.60. The lowest BCUT2D eigenvalue weighted by Crippen LogP contribution is -2.18. The zero-order valence-electron chi connectivity index (χ0n) is 13.7. The number of pyridine rings is 1. The van der Waals surface area contributed by atoms with Gasteiger partial charge in [-0.25, -0.2) is 13.8 Å². The smallest absolute Gasteiger partial charge is 0.278 e. The molecule has 0 saturated heterocycles. The van der Waals surface area contributed by atoms with Crippen LogP contribution < -0.4 is 4.90 Å². The average molecular weight is 382 g/mol. The molecule has 0 spiro atoms. The standard InChI is InChI=1S/C17H11F5N4O/c1-25-13(7-14(24-25)17(20,21)22)10-5-6-15(23-8-10)26(9-27)16-11(18)3-2-4-12(16)19/h2-9H,1H3. The van der Waals surface area contributed by atoms with Gasteiger partial charge in [0.25, 0.3) is 0 Å². The summed E-state index contributed by atoms with van der Waals surface area (Å²) in [4.78, 5) is 15.9. The molecule has 1 aromatic carbocycles. The van der Waals surface area contributed by atoms with Crippen molar-refractivity contribution in [2.24, 2.45) is 7.05 Å².